The summed E-state index contributed by atoms with van der Waals surface area (Å²) in [6.07, 6.45) is 0. The van der Waals surface area contributed by atoms with E-state index in [9.17, 15) is 4.79 Å². The van der Waals surface area contributed by atoms with Crippen LogP contribution < -0.4 is 21.7 Å². The van der Waals surface area contributed by atoms with E-state index in [0.29, 0.717) is 23.0 Å². The zero-order valence-corrected chi connectivity index (χ0v) is 15.2. The van der Waals surface area contributed by atoms with Crippen molar-refractivity contribution in [2.75, 3.05) is 48.7 Å². The average Bonchev–Trinajstić information content (AvgIpc) is 2.66. The summed E-state index contributed by atoms with van der Waals surface area (Å²) < 4.78 is 0. The van der Waals surface area contributed by atoms with Crippen LogP contribution in [-0.2, 0) is 0 Å². The molecule has 1 heterocycles. The number of piperazine rings is 1. The van der Waals surface area contributed by atoms with Gasteiger partial charge in [-0.1, -0.05) is 18.2 Å². The largest absolute Gasteiger partial charge is 0.399 e. The number of nitrogen functional groups attached to an aromatic ring is 1. The number of benzene rings is 2. The number of carbonyl (C=O) groups is 1. The van der Waals surface area contributed by atoms with Crippen LogP contribution in [0.1, 0.15) is 17.3 Å². The van der Waals surface area contributed by atoms with Gasteiger partial charge in [-0.3, -0.25) is 9.69 Å². The van der Waals surface area contributed by atoms with Crippen molar-refractivity contribution in [2.24, 2.45) is 5.73 Å². The number of rotatable bonds is 6. The van der Waals surface area contributed by atoms with Gasteiger partial charge in [0.15, 0.2) is 0 Å². The van der Waals surface area contributed by atoms with Crippen LogP contribution in [-0.4, -0.2) is 49.6 Å². The van der Waals surface area contributed by atoms with Gasteiger partial charge in [-0.2, -0.15) is 0 Å². The first-order chi connectivity index (χ1) is 12.5. The Kier molecular flexibility index (Phi) is 5.63. The van der Waals surface area contributed by atoms with E-state index >= 15 is 0 Å². The number of primary amides is 1. The number of anilines is 3. The number of nitrogens with two attached hydrogens (primary N) is 2. The smallest absolute Gasteiger partial charge is 0.250 e. The Hall–Kier alpha value is -2.73. The molecule has 2 aromatic rings. The highest BCUT2D eigenvalue weighted by Crippen LogP contribution is 2.20. The van der Waals surface area contributed by atoms with E-state index in [1.807, 2.05) is 6.07 Å². The lowest BCUT2D eigenvalue weighted by Gasteiger charge is -2.39. The van der Waals surface area contributed by atoms with Crippen LogP contribution in [0.25, 0.3) is 0 Å². The van der Waals surface area contributed by atoms with Crippen LogP contribution in [0.15, 0.2) is 48.5 Å². The van der Waals surface area contributed by atoms with Crippen molar-refractivity contribution in [3.63, 3.8) is 0 Å². The predicted octanol–water partition coefficient (Wildman–Crippen LogP) is 1.99. The number of hydrogen-bond acceptors (Lipinski definition) is 5. The highest BCUT2D eigenvalue weighted by Gasteiger charge is 2.21. The lowest BCUT2D eigenvalue weighted by molar-refractivity contribution is 0.100. The Morgan fingerprint density at radius 3 is 2.46 bits per heavy atom. The average molecular weight is 353 g/mol. The zero-order chi connectivity index (χ0) is 18.5. The van der Waals surface area contributed by atoms with Crippen molar-refractivity contribution < 1.29 is 4.79 Å². The van der Waals surface area contributed by atoms with Gasteiger partial charge in [0.2, 0.25) is 0 Å². The van der Waals surface area contributed by atoms with E-state index in [0.717, 1.165) is 32.7 Å². The second kappa shape index (κ2) is 8.10. The first-order valence-corrected chi connectivity index (χ1v) is 9.02. The molecule has 6 nitrogen and oxygen atoms in total. The molecule has 0 aromatic heterocycles. The number of para-hydroxylation sites is 1. The molecule has 0 aliphatic carbocycles. The molecule has 1 unspecified atom stereocenters. The highest BCUT2D eigenvalue weighted by molar-refractivity contribution is 5.99. The monoisotopic (exact) mass is 353 g/mol. The van der Waals surface area contributed by atoms with E-state index in [1.165, 1.54) is 5.69 Å². The molecule has 0 saturated carbocycles. The lowest BCUT2D eigenvalue weighted by Crippen LogP contribution is -2.51. The molecular weight excluding hydrogens is 326 g/mol. The first kappa shape index (κ1) is 18.1. The second-order valence-corrected chi connectivity index (χ2v) is 6.76. The van der Waals surface area contributed by atoms with E-state index in [1.54, 1.807) is 18.2 Å². The SMILES string of the molecule is CC(CNc1cc(N)ccc1C(N)=O)N1CCN(c2ccccc2)CC1. The summed E-state index contributed by atoms with van der Waals surface area (Å²) in [6, 6.07) is 16.0. The summed E-state index contributed by atoms with van der Waals surface area (Å²) in [6.45, 7) is 6.98. The minimum absolute atomic E-state index is 0.343. The van der Waals surface area contributed by atoms with Crippen molar-refractivity contribution >= 4 is 23.0 Å². The van der Waals surface area contributed by atoms with E-state index in [4.69, 9.17) is 11.5 Å². The minimum Gasteiger partial charge on any atom is -0.399 e. The summed E-state index contributed by atoms with van der Waals surface area (Å²) in [5.74, 6) is -0.448. The number of carbonyl (C=O) groups excluding carboxylic acids is 1. The zero-order valence-electron chi connectivity index (χ0n) is 15.2. The maximum atomic E-state index is 11.6. The fraction of sp³-hybridized carbons (Fsp3) is 0.350. The van der Waals surface area contributed by atoms with Crippen molar-refractivity contribution in [1.29, 1.82) is 0 Å². The first-order valence-electron chi connectivity index (χ1n) is 9.02. The standard InChI is InChI=1S/C20H27N5O/c1-15(14-23-19-13-16(21)7-8-18(19)20(22)26)24-9-11-25(12-10-24)17-5-3-2-4-6-17/h2-8,13,15,23H,9-12,14,21H2,1H3,(H2,22,26). The van der Waals surface area contributed by atoms with Gasteiger partial charge in [0.1, 0.15) is 0 Å². The number of nitrogens with one attached hydrogen (secondary N) is 1. The molecule has 1 amide bonds. The molecule has 26 heavy (non-hydrogen) atoms. The molecule has 0 radical (unpaired) electrons. The van der Waals surface area contributed by atoms with Crippen LogP contribution in [0.4, 0.5) is 17.1 Å². The van der Waals surface area contributed by atoms with Crippen LogP contribution in [0.5, 0.6) is 0 Å². The Labute approximate surface area is 154 Å². The Morgan fingerprint density at radius 2 is 1.81 bits per heavy atom. The van der Waals surface area contributed by atoms with E-state index in [2.05, 4.69) is 46.3 Å². The molecule has 2 aromatic carbocycles. The Bertz CT molecular complexity index is 741. The quantitative estimate of drug-likeness (QED) is 0.691. The summed E-state index contributed by atoms with van der Waals surface area (Å²) >= 11 is 0. The normalized spacial score (nSPS) is 16.3. The third-order valence-electron chi connectivity index (χ3n) is 4.96. The molecule has 0 bridgehead atoms. The van der Waals surface area contributed by atoms with Crippen molar-refractivity contribution in [3.05, 3.63) is 54.1 Å². The summed E-state index contributed by atoms with van der Waals surface area (Å²) in [5, 5.41) is 3.34. The molecular formula is C20H27N5O. The Balaban J connectivity index is 1.54. The number of nitrogens with zero attached hydrogens (tertiary/aromatic N) is 2. The van der Waals surface area contributed by atoms with Crippen molar-refractivity contribution in [2.45, 2.75) is 13.0 Å². The highest BCUT2D eigenvalue weighted by atomic mass is 16.1. The molecule has 1 fully saturated rings. The fourth-order valence-electron chi connectivity index (χ4n) is 3.37. The Morgan fingerprint density at radius 1 is 1.12 bits per heavy atom. The van der Waals surface area contributed by atoms with Gasteiger partial charge in [0.05, 0.1) is 5.56 Å². The second-order valence-electron chi connectivity index (χ2n) is 6.76. The molecule has 3 rings (SSSR count). The number of amides is 1. The van der Waals surface area contributed by atoms with E-state index in [-0.39, 0.29) is 0 Å². The topological polar surface area (TPSA) is 87.6 Å². The van der Waals surface area contributed by atoms with Gasteiger partial charge in [0.25, 0.3) is 5.91 Å². The van der Waals surface area contributed by atoms with Crippen LogP contribution in [0, 0.1) is 0 Å². The minimum atomic E-state index is -0.448. The molecule has 0 spiro atoms. The van der Waals surface area contributed by atoms with Crippen LogP contribution >= 0.6 is 0 Å². The summed E-state index contributed by atoms with van der Waals surface area (Å²) in [4.78, 5) is 16.5. The van der Waals surface area contributed by atoms with Crippen LogP contribution in [0.2, 0.25) is 0 Å². The predicted molar refractivity (Wildman–Crippen MR) is 108 cm³/mol. The fourth-order valence-corrected chi connectivity index (χ4v) is 3.37. The maximum Gasteiger partial charge on any atom is 0.250 e. The molecule has 1 saturated heterocycles. The molecule has 1 aliphatic rings. The lowest BCUT2D eigenvalue weighted by atomic mass is 10.1. The summed E-state index contributed by atoms with van der Waals surface area (Å²) in [5.41, 5.74) is 14.4. The van der Waals surface area contributed by atoms with Crippen LogP contribution in [0.3, 0.4) is 0 Å². The maximum absolute atomic E-state index is 11.6. The summed E-state index contributed by atoms with van der Waals surface area (Å²) in [7, 11) is 0. The molecule has 5 N–H and O–H groups in total. The molecule has 1 atom stereocenters. The van der Waals surface area contributed by atoms with E-state index < -0.39 is 5.91 Å². The third-order valence-corrected chi connectivity index (χ3v) is 4.96. The van der Waals surface area contributed by atoms with Crippen molar-refractivity contribution in [3.8, 4) is 0 Å². The molecule has 1 aliphatic heterocycles. The van der Waals surface area contributed by atoms with Gasteiger partial charge in [0, 0.05) is 55.8 Å². The molecule has 138 valence electrons. The van der Waals surface area contributed by atoms with Gasteiger partial charge in [-0.15, -0.1) is 0 Å². The van der Waals surface area contributed by atoms with Gasteiger partial charge in [-0.05, 0) is 37.3 Å². The van der Waals surface area contributed by atoms with Gasteiger partial charge >= 0.3 is 0 Å². The van der Waals surface area contributed by atoms with Crippen molar-refractivity contribution in [1.82, 2.24) is 4.90 Å². The van der Waals surface area contributed by atoms with Gasteiger partial charge < -0.3 is 21.7 Å². The third kappa shape index (κ3) is 4.26. The number of hydrogen-bond donors (Lipinski definition) is 3. The van der Waals surface area contributed by atoms with Gasteiger partial charge in [-0.25, -0.2) is 0 Å². The molecule has 6 heteroatoms.